The lowest BCUT2D eigenvalue weighted by atomic mass is 10.0. The van der Waals surface area contributed by atoms with Crippen molar-refractivity contribution in [2.45, 2.75) is 38.8 Å². The smallest absolute Gasteiger partial charge is 0.0746 e. The lowest BCUT2D eigenvalue weighted by Crippen LogP contribution is -2.43. The van der Waals surface area contributed by atoms with Crippen LogP contribution >= 0.6 is 0 Å². The molecule has 2 aromatic rings. The first-order chi connectivity index (χ1) is 10.4. The number of nitrogens with zero attached hydrogens (tertiary/aromatic N) is 2. The summed E-state index contributed by atoms with van der Waals surface area (Å²) in [4.78, 5) is 7.26. The van der Waals surface area contributed by atoms with Gasteiger partial charge in [0.05, 0.1) is 5.52 Å². The van der Waals surface area contributed by atoms with Crippen LogP contribution in [0.2, 0.25) is 0 Å². The molecule has 0 atom stereocenters. The lowest BCUT2D eigenvalue weighted by molar-refractivity contribution is 0.154. The zero-order chi connectivity index (χ0) is 14.5. The molecule has 2 heterocycles. The molecule has 0 radical (unpaired) electrons. The number of fused-ring (bicyclic) bond motifs is 1. The summed E-state index contributed by atoms with van der Waals surface area (Å²) in [6, 6.07) is 11.4. The van der Waals surface area contributed by atoms with Gasteiger partial charge in [0, 0.05) is 24.2 Å². The van der Waals surface area contributed by atoms with Gasteiger partial charge in [0.1, 0.15) is 0 Å². The monoisotopic (exact) mass is 283 g/mol. The molecule has 0 spiro atoms. The topological polar surface area (TPSA) is 28.2 Å². The van der Waals surface area contributed by atoms with Gasteiger partial charge in [-0.1, -0.05) is 31.2 Å². The number of piperidine rings is 1. The van der Waals surface area contributed by atoms with Gasteiger partial charge in [0.25, 0.3) is 0 Å². The maximum absolute atomic E-state index is 4.60. The van der Waals surface area contributed by atoms with Gasteiger partial charge < -0.3 is 5.32 Å². The fourth-order valence-electron chi connectivity index (χ4n) is 3.36. The molecule has 1 N–H and O–H groups in total. The van der Waals surface area contributed by atoms with Crippen LogP contribution in [0.3, 0.4) is 0 Å². The summed E-state index contributed by atoms with van der Waals surface area (Å²) in [5.41, 5.74) is 2.52. The van der Waals surface area contributed by atoms with Gasteiger partial charge in [0.2, 0.25) is 0 Å². The van der Waals surface area contributed by atoms with E-state index in [1.807, 2.05) is 12.3 Å². The third kappa shape index (κ3) is 3.42. The molecular formula is C18H25N3. The van der Waals surface area contributed by atoms with E-state index in [1.54, 1.807) is 0 Å². The molecule has 3 rings (SSSR count). The van der Waals surface area contributed by atoms with Crippen LogP contribution in [0.4, 0.5) is 0 Å². The second kappa shape index (κ2) is 7.01. The molecule has 0 amide bonds. The van der Waals surface area contributed by atoms with Crippen molar-refractivity contribution >= 4 is 10.9 Å². The fourth-order valence-corrected chi connectivity index (χ4v) is 3.36. The SMILES string of the molecule is CCCN(Cc1cccc2cccnc12)C1CCNCC1. The van der Waals surface area contributed by atoms with Crippen LogP contribution in [0.15, 0.2) is 36.5 Å². The van der Waals surface area contributed by atoms with Crippen LogP contribution in [0.5, 0.6) is 0 Å². The van der Waals surface area contributed by atoms with Crippen LogP contribution in [-0.4, -0.2) is 35.6 Å². The van der Waals surface area contributed by atoms with Crippen molar-refractivity contribution in [1.82, 2.24) is 15.2 Å². The molecule has 112 valence electrons. The molecule has 1 fully saturated rings. The molecule has 1 aromatic heterocycles. The molecule has 0 bridgehead atoms. The minimum Gasteiger partial charge on any atom is -0.317 e. The van der Waals surface area contributed by atoms with E-state index in [0.29, 0.717) is 6.04 Å². The molecule has 3 nitrogen and oxygen atoms in total. The summed E-state index contributed by atoms with van der Waals surface area (Å²) in [6.45, 7) is 6.77. The summed E-state index contributed by atoms with van der Waals surface area (Å²) in [6.07, 6.45) is 5.64. The van der Waals surface area contributed by atoms with Crippen molar-refractivity contribution in [2.24, 2.45) is 0 Å². The predicted molar refractivity (Wildman–Crippen MR) is 88.3 cm³/mol. The van der Waals surface area contributed by atoms with E-state index in [4.69, 9.17) is 0 Å². The number of pyridine rings is 1. The molecule has 1 saturated heterocycles. The summed E-state index contributed by atoms with van der Waals surface area (Å²) in [5, 5.41) is 4.71. The molecule has 0 saturated carbocycles. The van der Waals surface area contributed by atoms with Gasteiger partial charge in [-0.3, -0.25) is 9.88 Å². The third-order valence-electron chi connectivity index (χ3n) is 4.43. The Labute approximate surface area is 127 Å². The van der Waals surface area contributed by atoms with Gasteiger partial charge in [-0.2, -0.15) is 0 Å². The number of nitrogens with one attached hydrogen (secondary N) is 1. The summed E-state index contributed by atoms with van der Waals surface area (Å²) in [5.74, 6) is 0. The molecular weight excluding hydrogens is 258 g/mol. The van der Waals surface area contributed by atoms with E-state index in [1.165, 1.54) is 36.8 Å². The van der Waals surface area contributed by atoms with E-state index in [-0.39, 0.29) is 0 Å². The van der Waals surface area contributed by atoms with E-state index in [2.05, 4.69) is 46.4 Å². The predicted octanol–water partition coefficient (Wildman–Crippen LogP) is 3.20. The molecule has 0 unspecified atom stereocenters. The second-order valence-electron chi connectivity index (χ2n) is 5.94. The summed E-state index contributed by atoms with van der Waals surface area (Å²) >= 11 is 0. The van der Waals surface area contributed by atoms with Crippen LogP contribution in [-0.2, 0) is 6.54 Å². The number of aromatic nitrogens is 1. The van der Waals surface area contributed by atoms with E-state index < -0.39 is 0 Å². The van der Waals surface area contributed by atoms with Gasteiger partial charge in [-0.15, -0.1) is 0 Å². The highest BCUT2D eigenvalue weighted by atomic mass is 15.2. The molecule has 1 aromatic carbocycles. The van der Waals surface area contributed by atoms with Crippen molar-refractivity contribution in [3.8, 4) is 0 Å². The number of rotatable bonds is 5. The number of para-hydroxylation sites is 1. The van der Waals surface area contributed by atoms with Crippen LogP contribution in [0.25, 0.3) is 10.9 Å². The Bertz CT molecular complexity index is 570. The van der Waals surface area contributed by atoms with Crippen molar-refractivity contribution in [3.05, 3.63) is 42.1 Å². The van der Waals surface area contributed by atoms with E-state index >= 15 is 0 Å². The largest absolute Gasteiger partial charge is 0.317 e. The Morgan fingerprint density at radius 2 is 2.00 bits per heavy atom. The highest BCUT2D eigenvalue weighted by molar-refractivity contribution is 5.81. The first-order valence-electron chi connectivity index (χ1n) is 8.16. The van der Waals surface area contributed by atoms with Gasteiger partial charge >= 0.3 is 0 Å². The minimum atomic E-state index is 0.713. The molecule has 3 heteroatoms. The van der Waals surface area contributed by atoms with Crippen molar-refractivity contribution in [3.63, 3.8) is 0 Å². The Kier molecular flexibility index (Phi) is 4.84. The maximum Gasteiger partial charge on any atom is 0.0746 e. The van der Waals surface area contributed by atoms with Crippen LogP contribution < -0.4 is 5.32 Å². The van der Waals surface area contributed by atoms with E-state index in [9.17, 15) is 0 Å². The average molecular weight is 283 g/mol. The summed E-state index contributed by atoms with van der Waals surface area (Å²) < 4.78 is 0. The Morgan fingerprint density at radius 1 is 1.19 bits per heavy atom. The van der Waals surface area contributed by atoms with Gasteiger partial charge in [-0.25, -0.2) is 0 Å². The molecule has 21 heavy (non-hydrogen) atoms. The standard InChI is InChI=1S/C18H25N3/c1-2-13-21(17-8-11-19-12-9-17)14-16-6-3-5-15-7-4-10-20-18(15)16/h3-7,10,17,19H,2,8-9,11-14H2,1H3. The van der Waals surface area contributed by atoms with Crippen molar-refractivity contribution < 1.29 is 0 Å². The maximum atomic E-state index is 4.60. The summed E-state index contributed by atoms with van der Waals surface area (Å²) in [7, 11) is 0. The zero-order valence-electron chi connectivity index (χ0n) is 12.9. The highest BCUT2D eigenvalue weighted by Crippen LogP contribution is 2.21. The molecule has 1 aliphatic heterocycles. The normalized spacial score (nSPS) is 16.7. The zero-order valence-corrected chi connectivity index (χ0v) is 12.9. The number of benzene rings is 1. The van der Waals surface area contributed by atoms with Gasteiger partial charge in [-0.05, 0) is 50.5 Å². The third-order valence-corrected chi connectivity index (χ3v) is 4.43. The fraction of sp³-hybridized carbons (Fsp3) is 0.500. The van der Waals surface area contributed by atoms with Crippen molar-refractivity contribution in [1.29, 1.82) is 0 Å². The van der Waals surface area contributed by atoms with Crippen molar-refractivity contribution in [2.75, 3.05) is 19.6 Å². The Morgan fingerprint density at radius 3 is 2.81 bits per heavy atom. The Hall–Kier alpha value is -1.45. The molecule has 0 aliphatic carbocycles. The molecule has 1 aliphatic rings. The van der Waals surface area contributed by atoms with E-state index in [0.717, 1.165) is 25.2 Å². The quantitative estimate of drug-likeness (QED) is 0.913. The highest BCUT2D eigenvalue weighted by Gasteiger charge is 2.21. The average Bonchev–Trinajstić information content (AvgIpc) is 2.55. The lowest BCUT2D eigenvalue weighted by Gasteiger charge is -2.34. The number of hydrogen-bond acceptors (Lipinski definition) is 3. The first kappa shape index (κ1) is 14.5. The Balaban J connectivity index is 1.83. The van der Waals surface area contributed by atoms with Gasteiger partial charge in [0.15, 0.2) is 0 Å². The van der Waals surface area contributed by atoms with Crippen LogP contribution in [0.1, 0.15) is 31.7 Å². The minimum absolute atomic E-state index is 0.713. The van der Waals surface area contributed by atoms with Crippen LogP contribution in [0, 0.1) is 0 Å². The second-order valence-corrected chi connectivity index (χ2v) is 5.94. The number of hydrogen-bond donors (Lipinski definition) is 1. The first-order valence-corrected chi connectivity index (χ1v) is 8.16.